The van der Waals surface area contributed by atoms with Crippen LogP contribution in [0.5, 0.6) is 17.2 Å². The molecule has 0 radical (unpaired) electrons. The van der Waals surface area contributed by atoms with Crippen LogP contribution in [-0.2, 0) is 143 Å². The fourth-order valence-corrected chi connectivity index (χ4v) is 10.9. The van der Waals surface area contributed by atoms with Gasteiger partial charge in [-0.2, -0.15) is 0 Å². The monoisotopic (exact) mass is 1480 g/mol. The third-order valence-electron chi connectivity index (χ3n) is 15.1. The molecule has 36 heteroatoms. The lowest BCUT2D eigenvalue weighted by Crippen LogP contribution is -2.54. The summed E-state index contributed by atoms with van der Waals surface area (Å²) in [5, 5.41) is 13.2. The molecule has 1 saturated carbocycles. The van der Waals surface area contributed by atoms with Gasteiger partial charge in [-0.3, -0.25) is 47.9 Å². The highest BCUT2D eigenvalue weighted by Gasteiger charge is 2.47. The van der Waals surface area contributed by atoms with Crippen molar-refractivity contribution in [2.75, 3.05) is 139 Å². The van der Waals surface area contributed by atoms with Crippen LogP contribution in [0.4, 0.5) is 0 Å². The molecule has 3 heterocycles. The van der Waals surface area contributed by atoms with Crippen molar-refractivity contribution < 1.29 is 167 Å². The summed E-state index contributed by atoms with van der Waals surface area (Å²) in [6.07, 6.45) is -10.1. The number of hydrogen-bond acceptors (Lipinski definition) is 35. The molecular formula is C67H101NO35. The molecule has 1 aromatic rings. The van der Waals surface area contributed by atoms with E-state index >= 15 is 0 Å². The van der Waals surface area contributed by atoms with Crippen LogP contribution in [-0.4, -0.2) is 289 Å². The largest absolute Gasteiger partial charge is 0.487 e. The van der Waals surface area contributed by atoms with Crippen LogP contribution in [0.3, 0.4) is 0 Å². The smallest absolute Gasteiger partial charge is 0.303 e. The first-order valence-electron chi connectivity index (χ1n) is 34.1. The summed E-state index contributed by atoms with van der Waals surface area (Å²) >= 11 is 0. The first-order chi connectivity index (χ1) is 49.3. The van der Waals surface area contributed by atoms with Crippen LogP contribution >= 0.6 is 0 Å². The van der Waals surface area contributed by atoms with E-state index in [0.717, 1.165) is 0 Å². The van der Waals surface area contributed by atoms with Crippen molar-refractivity contribution in [3.8, 4) is 17.2 Å². The van der Waals surface area contributed by atoms with E-state index in [9.17, 15) is 53.1 Å². The van der Waals surface area contributed by atoms with Crippen LogP contribution in [0.15, 0.2) is 12.1 Å². The zero-order chi connectivity index (χ0) is 75.1. The molecule has 103 heavy (non-hydrogen) atoms. The van der Waals surface area contributed by atoms with Crippen molar-refractivity contribution in [3.63, 3.8) is 0 Å². The van der Waals surface area contributed by atoms with Crippen LogP contribution in [0.2, 0.25) is 0 Å². The van der Waals surface area contributed by atoms with Gasteiger partial charge in [0, 0.05) is 93.2 Å². The lowest BCUT2D eigenvalue weighted by Gasteiger charge is -2.39. The fourth-order valence-electron chi connectivity index (χ4n) is 10.9. The average molecular weight is 1480 g/mol. The Hall–Kier alpha value is -7.20. The number of aliphatic hydroxyl groups excluding tert-OH is 1. The molecule has 36 nitrogen and oxygen atoms in total. The predicted octanol–water partition coefficient (Wildman–Crippen LogP) is 1.63. The summed E-state index contributed by atoms with van der Waals surface area (Å²) in [5.41, 5.74) is 0.176. The fraction of sp³-hybridized carbons (Fsp3) is 0.761. The number of benzene rings is 1. The normalized spacial score (nSPS) is 24.6. The van der Waals surface area contributed by atoms with Crippen molar-refractivity contribution in [2.24, 2.45) is 0 Å². The zero-order valence-corrected chi connectivity index (χ0v) is 59.9. The number of rotatable bonds is 47. The minimum absolute atomic E-state index is 0.00965. The second kappa shape index (κ2) is 48.0. The Labute approximate surface area is 596 Å². The molecule has 5 rings (SSSR count). The maximum Gasteiger partial charge on any atom is 0.303 e. The quantitative estimate of drug-likeness (QED) is 0.0532. The summed E-state index contributed by atoms with van der Waals surface area (Å²) in [5.74, 6) is -5.71. The Bertz CT molecular complexity index is 2670. The second-order valence-corrected chi connectivity index (χ2v) is 23.7. The molecule has 1 aromatic carbocycles. The van der Waals surface area contributed by atoms with Crippen molar-refractivity contribution in [2.45, 2.75) is 193 Å². The number of nitrogens with one attached hydrogen (secondary N) is 1. The van der Waals surface area contributed by atoms with Gasteiger partial charge in [0.2, 0.25) is 5.75 Å². The lowest BCUT2D eigenvalue weighted by atomic mass is 9.93. The molecule has 12 atom stereocenters. The summed E-state index contributed by atoms with van der Waals surface area (Å²) in [4.78, 5) is 120. The van der Waals surface area contributed by atoms with Gasteiger partial charge in [0.25, 0.3) is 5.91 Å². The maximum atomic E-state index is 14.0. The van der Waals surface area contributed by atoms with E-state index < -0.39 is 140 Å². The van der Waals surface area contributed by atoms with Crippen LogP contribution in [0.25, 0.3) is 0 Å². The lowest BCUT2D eigenvalue weighted by molar-refractivity contribution is -0.267. The molecule has 3 saturated heterocycles. The average Bonchev–Trinajstić information content (AvgIpc) is 0.837. The van der Waals surface area contributed by atoms with Gasteiger partial charge >= 0.3 is 53.7 Å². The van der Waals surface area contributed by atoms with E-state index in [1.165, 1.54) is 74.4 Å². The van der Waals surface area contributed by atoms with Gasteiger partial charge in [-0.05, 0) is 37.8 Å². The van der Waals surface area contributed by atoms with E-state index in [2.05, 4.69) is 5.32 Å². The van der Waals surface area contributed by atoms with Crippen molar-refractivity contribution in [3.05, 3.63) is 17.7 Å². The molecule has 4 aliphatic rings. The number of amides is 1. The molecule has 3 aliphatic heterocycles. The first-order valence-corrected chi connectivity index (χ1v) is 34.1. The molecule has 0 spiro atoms. The molecular weight excluding hydrogens is 1380 g/mol. The predicted molar refractivity (Wildman–Crippen MR) is 344 cm³/mol. The van der Waals surface area contributed by atoms with E-state index in [4.69, 9.17) is 114 Å². The molecule has 0 unspecified atom stereocenters. The Morgan fingerprint density at radius 1 is 0.369 bits per heavy atom. The van der Waals surface area contributed by atoms with Crippen molar-refractivity contribution in [1.29, 1.82) is 0 Å². The number of esters is 9. The van der Waals surface area contributed by atoms with Gasteiger partial charge in [-0.25, -0.2) is 0 Å². The first kappa shape index (κ1) is 86.4. The number of aliphatic hydroxyl groups is 1. The standard InChI is InChI=1S/C67H101NO35/c1-40(69)92-37-57-64(98-46(7)75)54(95-43(4)72)34-60(101-57)88-28-22-82-16-14-80-20-26-86-52-32-49(67(79)68-50-10-12-51(78)13-11-50)33-53(87-27-21-81-15-17-83-23-29-89-61-35-55(96-44(5)73)65(99-47(8)76)58(102-61)38-93-41(2)70)63(52)91-31-25-85-19-18-84-24-30-90-62-36-56(97-45(6)74)66(100-48(9)77)59(103-62)39-94-42(3)71/h32-33,50-51,54-62,64-66,78H,10-31,34-39H2,1-9H3,(H,68,79)/t50?,51?,54-,55-,56-,57-,58-,59-,60-,61-,62-,64-,65-,66-/m1/s1. The Morgan fingerprint density at radius 2 is 0.650 bits per heavy atom. The molecule has 1 aliphatic carbocycles. The highest BCUT2D eigenvalue weighted by molar-refractivity contribution is 5.96. The number of ether oxygens (including phenoxy) is 24. The highest BCUT2D eigenvalue weighted by Crippen LogP contribution is 2.40. The summed E-state index contributed by atoms with van der Waals surface area (Å²) < 4.78 is 137. The van der Waals surface area contributed by atoms with E-state index in [1.54, 1.807) is 0 Å². The SMILES string of the molecule is CC(=O)OC[C@H]1O[C@@H](OCCOCCOCCOc2cc(C(=O)NC3CCC(O)CC3)cc(OCCOCCOCCO[C@H]3C[C@@H](OC(C)=O)[C@@H](OC(C)=O)[C@@H](COC(C)=O)O3)c2OCCOCCOCCO[C@H]2C[C@@H](OC(C)=O)[C@@H](OC(C)=O)[C@@H](COC(C)=O)O2)C[C@@H](OC(C)=O)[C@H]1OC(C)=O. The van der Waals surface area contributed by atoms with Crippen LogP contribution < -0.4 is 19.5 Å². The van der Waals surface area contributed by atoms with E-state index in [1.807, 2.05) is 0 Å². The molecule has 0 bridgehead atoms. The van der Waals surface area contributed by atoms with Crippen molar-refractivity contribution in [1.82, 2.24) is 5.32 Å². The van der Waals surface area contributed by atoms with Crippen LogP contribution in [0, 0.1) is 0 Å². The van der Waals surface area contributed by atoms with Gasteiger partial charge in [-0.1, -0.05) is 0 Å². The number of carbonyl (C=O) groups is 10. The molecule has 1 amide bonds. The van der Waals surface area contributed by atoms with Crippen LogP contribution in [0.1, 0.15) is 118 Å². The van der Waals surface area contributed by atoms with Crippen molar-refractivity contribution >= 4 is 59.6 Å². The van der Waals surface area contributed by atoms with Gasteiger partial charge in [-0.15, -0.1) is 0 Å². The Morgan fingerprint density at radius 3 is 0.942 bits per heavy atom. The van der Waals surface area contributed by atoms with Gasteiger partial charge in [0.05, 0.1) is 105 Å². The molecule has 584 valence electrons. The summed E-state index contributed by atoms with van der Waals surface area (Å²) in [6, 6.07) is 2.82. The van der Waals surface area contributed by atoms with E-state index in [-0.39, 0.29) is 187 Å². The Balaban J connectivity index is 1.17. The van der Waals surface area contributed by atoms with Gasteiger partial charge in [0.1, 0.15) is 76.3 Å². The molecule has 2 N–H and O–H groups in total. The van der Waals surface area contributed by atoms with E-state index in [0.29, 0.717) is 25.7 Å². The Kier molecular flexibility index (Phi) is 40.3. The highest BCUT2D eigenvalue weighted by atomic mass is 16.7. The minimum Gasteiger partial charge on any atom is -0.487 e. The molecule has 0 aromatic heterocycles. The second-order valence-electron chi connectivity index (χ2n) is 23.7. The van der Waals surface area contributed by atoms with Gasteiger partial charge in [0.15, 0.2) is 48.7 Å². The third kappa shape index (κ3) is 35.0. The summed E-state index contributed by atoms with van der Waals surface area (Å²) in [6.45, 7) is 11.0. The van der Waals surface area contributed by atoms with Gasteiger partial charge < -0.3 is 124 Å². The maximum absolute atomic E-state index is 14.0. The summed E-state index contributed by atoms with van der Waals surface area (Å²) in [7, 11) is 0. The third-order valence-corrected chi connectivity index (χ3v) is 15.1. The molecule has 4 fully saturated rings. The zero-order valence-electron chi connectivity index (χ0n) is 59.9. The number of carbonyl (C=O) groups excluding carboxylic acids is 10. The number of hydrogen-bond donors (Lipinski definition) is 2. The minimum atomic E-state index is -1.06. The topological polar surface area (TPSA) is 424 Å².